The predicted octanol–water partition coefficient (Wildman–Crippen LogP) is -2.65. The van der Waals surface area contributed by atoms with Crippen LogP contribution in [0.5, 0.6) is 0 Å². The van der Waals surface area contributed by atoms with E-state index >= 15 is 0 Å². The first-order chi connectivity index (χ1) is 27.0. The summed E-state index contributed by atoms with van der Waals surface area (Å²) in [6, 6.07) is -3.86. The summed E-state index contributed by atoms with van der Waals surface area (Å²) < 4.78 is 23.3. The van der Waals surface area contributed by atoms with Gasteiger partial charge in [-0.05, 0) is 24.8 Å². The molecule has 0 saturated carbocycles. The zero-order chi connectivity index (χ0) is 42.0. The highest BCUT2D eigenvalue weighted by molar-refractivity contribution is 5.96. The zero-order valence-electron chi connectivity index (χ0n) is 32.7. The fraction of sp³-hybridized carbons (Fsp3) is 0.838. The Kier molecular flexibility index (Phi) is 18.0. The Morgan fingerprint density at radius 1 is 0.842 bits per heavy atom. The molecule has 4 saturated heterocycles. The number of carbonyl (C=O) groups excluding carboxylic acids is 4. The fourth-order valence-electron chi connectivity index (χ4n) is 7.49. The van der Waals surface area contributed by atoms with E-state index in [1.54, 1.807) is 6.08 Å². The number of hydrogen-bond donors (Lipinski definition) is 11. The van der Waals surface area contributed by atoms with Crippen LogP contribution < -0.4 is 16.0 Å². The summed E-state index contributed by atoms with van der Waals surface area (Å²) in [7, 11) is 0. The minimum atomic E-state index is -1.84. The third kappa shape index (κ3) is 12.6. The maximum absolute atomic E-state index is 13.1. The molecule has 0 aliphatic carbocycles. The molecule has 15 atom stereocenters. The van der Waals surface area contributed by atoms with Crippen molar-refractivity contribution < 1.29 is 79.0 Å². The third-order valence-electron chi connectivity index (χ3n) is 10.7. The summed E-state index contributed by atoms with van der Waals surface area (Å²) in [5, 5.41) is 93.5. The Labute approximate surface area is 331 Å². The van der Waals surface area contributed by atoms with Crippen molar-refractivity contribution in [2.45, 2.75) is 177 Å². The van der Waals surface area contributed by atoms with Crippen LogP contribution in [0.1, 0.15) is 85.0 Å². The highest BCUT2D eigenvalue weighted by atomic mass is 16.8. The summed E-state index contributed by atoms with van der Waals surface area (Å²) in [5.41, 5.74) is 0. The number of hydrogen-bond acceptors (Lipinski definition) is 16. The van der Waals surface area contributed by atoms with Gasteiger partial charge >= 0.3 is 6.03 Å². The molecule has 0 aromatic heterocycles. The first kappa shape index (κ1) is 46.8. The normalized spacial score (nSPS) is 36.7. The van der Waals surface area contributed by atoms with Gasteiger partial charge in [-0.15, -0.1) is 0 Å². The minimum Gasteiger partial charge on any atom is -0.394 e. The summed E-state index contributed by atoms with van der Waals surface area (Å²) in [6.07, 6.45) is -11.1. The van der Waals surface area contributed by atoms with Gasteiger partial charge in [0.15, 0.2) is 18.8 Å². The number of rotatable bonds is 19. The third-order valence-corrected chi connectivity index (χ3v) is 10.7. The highest BCUT2D eigenvalue weighted by Crippen LogP contribution is 2.33. The van der Waals surface area contributed by atoms with Crippen LogP contribution in [-0.4, -0.2) is 175 Å². The Morgan fingerprint density at radius 2 is 1.44 bits per heavy atom. The Bertz CT molecular complexity index is 1360. The van der Waals surface area contributed by atoms with E-state index in [1.165, 1.54) is 25.3 Å². The number of nitrogens with one attached hydrogen (secondary N) is 3. The van der Waals surface area contributed by atoms with Crippen molar-refractivity contribution >= 4 is 23.8 Å². The number of allylic oxidation sites excluding steroid dienone is 1. The molecule has 11 N–H and O–H groups in total. The molecule has 4 aliphatic heterocycles. The van der Waals surface area contributed by atoms with E-state index in [0.29, 0.717) is 12.3 Å². The van der Waals surface area contributed by atoms with Gasteiger partial charge in [0.1, 0.15) is 60.9 Å². The van der Waals surface area contributed by atoms with Crippen molar-refractivity contribution in [3.05, 3.63) is 12.2 Å². The average Bonchev–Trinajstić information content (AvgIpc) is 3.45. The van der Waals surface area contributed by atoms with E-state index in [0.717, 1.165) is 37.5 Å². The number of amides is 5. The molecule has 20 heteroatoms. The van der Waals surface area contributed by atoms with Gasteiger partial charge in [-0.25, -0.2) is 4.79 Å². The molecule has 57 heavy (non-hydrogen) atoms. The van der Waals surface area contributed by atoms with Crippen LogP contribution >= 0.6 is 0 Å². The first-order valence-corrected chi connectivity index (χ1v) is 19.9. The van der Waals surface area contributed by atoms with Crippen LogP contribution in [0.25, 0.3) is 0 Å². The maximum Gasteiger partial charge on any atom is 0.326 e. The summed E-state index contributed by atoms with van der Waals surface area (Å²) in [4.78, 5) is 50.2. The molecular formula is C37H62N4O16. The molecule has 0 aromatic carbocycles. The highest BCUT2D eigenvalue weighted by Gasteiger charge is 2.54. The second kappa shape index (κ2) is 21.9. The summed E-state index contributed by atoms with van der Waals surface area (Å²) in [6.45, 7) is 4.63. The number of urea groups is 1. The van der Waals surface area contributed by atoms with Gasteiger partial charge in [0.2, 0.25) is 17.7 Å². The van der Waals surface area contributed by atoms with Crippen molar-refractivity contribution in [3.8, 4) is 0 Å². The van der Waals surface area contributed by atoms with Gasteiger partial charge in [-0.2, -0.15) is 0 Å². The molecule has 4 heterocycles. The van der Waals surface area contributed by atoms with Crippen LogP contribution in [0.15, 0.2) is 12.2 Å². The first-order valence-electron chi connectivity index (χ1n) is 19.9. The second-order valence-electron chi connectivity index (χ2n) is 15.7. The van der Waals surface area contributed by atoms with Crippen LogP contribution in [0.4, 0.5) is 4.79 Å². The molecule has 20 nitrogen and oxygen atoms in total. The molecular weight excluding hydrogens is 756 g/mol. The van der Waals surface area contributed by atoms with Crippen LogP contribution in [0.2, 0.25) is 0 Å². The van der Waals surface area contributed by atoms with Crippen LogP contribution in [0.3, 0.4) is 0 Å². The van der Waals surface area contributed by atoms with E-state index in [2.05, 4.69) is 29.8 Å². The van der Waals surface area contributed by atoms with Crippen molar-refractivity contribution in [1.29, 1.82) is 0 Å². The fourth-order valence-corrected chi connectivity index (χ4v) is 7.49. The van der Waals surface area contributed by atoms with Gasteiger partial charge in [-0.1, -0.05) is 58.4 Å². The quantitative estimate of drug-likeness (QED) is 0.0469. The van der Waals surface area contributed by atoms with E-state index in [4.69, 9.17) is 18.9 Å². The second-order valence-corrected chi connectivity index (χ2v) is 15.7. The van der Waals surface area contributed by atoms with E-state index in [1.807, 2.05) is 0 Å². The topological polar surface area (TPSA) is 306 Å². The molecule has 0 unspecified atom stereocenters. The van der Waals surface area contributed by atoms with Crippen molar-refractivity contribution in [3.63, 3.8) is 0 Å². The monoisotopic (exact) mass is 818 g/mol. The molecule has 4 fully saturated rings. The zero-order valence-corrected chi connectivity index (χ0v) is 32.7. The average molecular weight is 819 g/mol. The number of nitrogens with zero attached hydrogens (tertiary/aromatic N) is 1. The lowest BCUT2D eigenvalue weighted by atomic mass is 9.91. The van der Waals surface area contributed by atoms with Gasteiger partial charge < -0.3 is 70.4 Å². The number of carbonyl (C=O) groups is 4. The van der Waals surface area contributed by atoms with Gasteiger partial charge in [0.05, 0.1) is 18.8 Å². The lowest BCUT2D eigenvalue weighted by molar-refractivity contribution is -0.346. The number of aliphatic hydroxyl groups excluding tert-OH is 8. The number of unbranched alkanes of at least 4 members (excludes halogenated alkanes) is 6. The van der Waals surface area contributed by atoms with Crippen LogP contribution in [-0.2, 0) is 33.3 Å². The lowest BCUT2D eigenvalue weighted by Gasteiger charge is -2.47. The van der Waals surface area contributed by atoms with Gasteiger partial charge in [0.25, 0.3) is 0 Å². The number of aliphatic hydroxyl groups is 8. The Balaban J connectivity index is 1.46. The van der Waals surface area contributed by atoms with E-state index in [9.17, 15) is 60.0 Å². The molecule has 5 amide bonds. The Hall–Kier alpha value is -2.86. The molecule has 0 aromatic rings. The molecule has 0 bridgehead atoms. The lowest BCUT2D eigenvalue weighted by Crippen LogP contribution is -2.68. The van der Waals surface area contributed by atoms with Crippen molar-refractivity contribution in [2.24, 2.45) is 5.92 Å². The van der Waals surface area contributed by atoms with E-state index < -0.39 is 129 Å². The largest absolute Gasteiger partial charge is 0.394 e. The van der Waals surface area contributed by atoms with Crippen molar-refractivity contribution in [2.75, 3.05) is 13.2 Å². The summed E-state index contributed by atoms with van der Waals surface area (Å²) >= 11 is 0. The molecule has 0 radical (unpaired) electrons. The minimum absolute atomic E-state index is 0.0994. The molecule has 4 rings (SSSR count). The summed E-state index contributed by atoms with van der Waals surface area (Å²) in [5.74, 6) is -1.20. The maximum atomic E-state index is 13.1. The molecule has 4 aliphatic rings. The number of ether oxygens (including phenoxy) is 4. The van der Waals surface area contributed by atoms with Crippen LogP contribution in [0, 0.1) is 5.92 Å². The van der Waals surface area contributed by atoms with Crippen molar-refractivity contribution in [1.82, 2.24) is 20.9 Å². The van der Waals surface area contributed by atoms with Gasteiger partial charge in [-0.3, -0.25) is 24.6 Å². The van der Waals surface area contributed by atoms with Gasteiger partial charge in [0, 0.05) is 26.3 Å². The smallest absolute Gasteiger partial charge is 0.326 e. The molecule has 0 spiro atoms. The molecule has 326 valence electrons. The predicted molar refractivity (Wildman–Crippen MR) is 196 cm³/mol. The Morgan fingerprint density at radius 3 is 2.05 bits per heavy atom. The standard InChI is InChI=1S/C37H62N4O16/c1-18(2)12-10-8-6-4-5-7-9-11-13-23(45)39-26-30(50)27(47)21(54-36(26)57-35-25(38-19(3)43)29(49)28(48)22(17-42)55-35)16-20(44)33-31(51)32(52)34(56-33)41-15-14-24(46)40-37(41)53/h11,13,18,20-22,25-36,42,44,47-52H,4-10,12,14-17H2,1-3H3,(H,38,43)(H,39,45)(H,40,46,53)/b13-11+/t20-,21+,22-,25-,26-,27-,28+,29-,30-,31-,32+,33-,34-,35+,36+/m1/s1. The van der Waals surface area contributed by atoms with E-state index in [-0.39, 0.29) is 13.0 Å². The number of imide groups is 1. The SMILES string of the molecule is CC(=O)N[C@H]1[C@H](O[C@@H]2O[C@@H](C[C@@H](O)[C@H]3O[C@@H](N4CCC(=O)NC4=O)[C@@H](O)[C@H]3O)[C@@H](O)[C@H](O)[C@H]2NC(=O)/C=C/CCCCCCCCC(C)C)O[C@H](CO)[C@H](O)[C@@H]1O.